The van der Waals surface area contributed by atoms with Crippen molar-refractivity contribution in [1.29, 1.82) is 0 Å². The van der Waals surface area contributed by atoms with Crippen LogP contribution in [0.2, 0.25) is 0 Å². The van der Waals surface area contributed by atoms with Gasteiger partial charge in [0.1, 0.15) is 0 Å². The van der Waals surface area contributed by atoms with Crippen molar-refractivity contribution >= 4 is 5.95 Å². The number of hydrogen-bond acceptors (Lipinski definition) is 3. The molecule has 4 nitrogen and oxygen atoms in total. The molecule has 0 aliphatic carbocycles. The molecule has 0 aliphatic heterocycles. The third-order valence-corrected chi connectivity index (χ3v) is 2.72. The Morgan fingerprint density at radius 2 is 2.21 bits per heavy atom. The highest BCUT2D eigenvalue weighted by Crippen LogP contribution is 2.22. The third-order valence-electron chi connectivity index (χ3n) is 2.72. The van der Waals surface area contributed by atoms with Gasteiger partial charge < -0.3 is 10.1 Å². The van der Waals surface area contributed by atoms with E-state index in [0.29, 0.717) is 17.6 Å². The summed E-state index contributed by atoms with van der Waals surface area (Å²) in [5, 5.41) is 3.24. The predicted octanol–water partition coefficient (Wildman–Crippen LogP) is 3.09. The Bertz CT molecular complexity index is 551. The van der Waals surface area contributed by atoms with Crippen molar-refractivity contribution in [3.05, 3.63) is 36.4 Å². The average Bonchev–Trinajstić information content (AvgIpc) is 2.84. The number of nitrogens with zero attached hydrogens (tertiary/aromatic N) is 2. The first-order valence-electron chi connectivity index (χ1n) is 6.23. The summed E-state index contributed by atoms with van der Waals surface area (Å²) in [4.78, 5) is 4.23. The van der Waals surface area contributed by atoms with Gasteiger partial charge in [-0.15, -0.1) is 0 Å². The van der Waals surface area contributed by atoms with Crippen LogP contribution in [0.5, 0.6) is 5.75 Å². The fraction of sp³-hybridized carbons (Fsp3) is 0.357. The van der Waals surface area contributed by atoms with Crippen LogP contribution in [-0.4, -0.2) is 23.2 Å². The van der Waals surface area contributed by atoms with Crippen LogP contribution in [-0.2, 0) is 0 Å². The summed E-state index contributed by atoms with van der Waals surface area (Å²) in [7, 11) is 1.45. The SMILES string of the molecule is COc1ccc(-n2ccnc2NCC(C)C)cc1F. The van der Waals surface area contributed by atoms with Gasteiger partial charge in [-0.25, -0.2) is 9.37 Å². The molecular formula is C14H18FN3O. The average molecular weight is 263 g/mol. The van der Waals surface area contributed by atoms with Gasteiger partial charge in [0, 0.05) is 25.0 Å². The van der Waals surface area contributed by atoms with E-state index >= 15 is 0 Å². The highest BCUT2D eigenvalue weighted by atomic mass is 19.1. The monoisotopic (exact) mass is 263 g/mol. The van der Waals surface area contributed by atoms with Crippen LogP contribution in [0.3, 0.4) is 0 Å². The maximum Gasteiger partial charge on any atom is 0.207 e. The van der Waals surface area contributed by atoms with Crippen molar-refractivity contribution < 1.29 is 9.13 Å². The topological polar surface area (TPSA) is 39.1 Å². The third kappa shape index (κ3) is 3.05. The van der Waals surface area contributed by atoms with Gasteiger partial charge in [0.2, 0.25) is 5.95 Å². The van der Waals surface area contributed by atoms with Crippen LogP contribution < -0.4 is 10.1 Å². The number of benzene rings is 1. The molecule has 0 aliphatic rings. The van der Waals surface area contributed by atoms with Crippen LogP contribution in [0, 0.1) is 11.7 Å². The second kappa shape index (κ2) is 5.73. The Hall–Kier alpha value is -2.04. The highest BCUT2D eigenvalue weighted by molar-refractivity contribution is 5.44. The molecule has 1 aromatic carbocycles. The lowest BCUT2D eigenvalue weighted by molar-refractivity contribution is 0.386. The number of anilines is 1. The van der Waals surface area contributed by atoms with E-state index in [4.69, 9.17) is 4.74 Å². The van der Waals surface area contributed by atoms with Crippen LogP contribution in [0.1, 0.15) is 13.8 Å². The molecule has 0 atom stereocenters. The molecule has 5 heteroatoms. The molecule has 0 spiro atoms. The van der Waals surface area contributed by atoms with Crippen molar-refractivity contribution in [1.82, 2.24) is 9.55 Å². The van der Waals surface area contributed by atoms with E-state index in [0.717, 1.165) is 6.54 Å². The first-order chi connectivity index (χ1) is 9.11. The molecule has 0 amide bonds. The molecule has 1 N–H and O–H groups in total. The minimum absolute atomic E-state index is 0.237. The van der Waals surface area contributed by atoms with Crippen LogP contribution in [0.4, 0.5) is 10.3 Å². The number of methoxy groups -OCH3 is 1. The zero-order valence-electron chi connectivity index (χ0n) is 11.4. The fourth-order valence-electron chi connectivity index (χ4n) is 1.74. The minimum Gasteiger partial charge on any atom is -0.494 e. The smallest absolute Gasteiger partial charge is 0.207 e. The highest BCUT2D eigenvalue weighted by Gasteiger charge is 2.08. The molecule has 0 radical (unpaired) electrons. The van der Waals surface area contributed by atoms with E-state index in [1.54, 1.807) is 24.5 Å². The second-order valence-corrected chi connectivity index (χ2v) is 4.71. The summed E-state index contributed by atoms with van der Waals surface area (Å²) in [6, 6.07) is 4.84. The Morgan fingerprint density at radius 1 is 1.42 bits per heavy atom. The zero-order valence-corrected chi connectivity index (χ0v) is 11.4. The number of nitrogens with one attached hydrogen (secondary N) is 1. The van der Waals surface area contributed by atoms with Crippen LogP contribution in [0.15, 0.2) is 30.6 Å². The van der Waals surface area contributed by atoms with Gasteiger partial charge in [0.25, 0.3) is 0 Å². The van der Waals surface area contributed by atoms with E-state index in [2.05, 4.69) is 24.1 Å². The zero-order chi connectivity index (χ0) is 13.8. The number of ether oxygens (including phenoxy) is 1. The standard InChI is InChI=1S/C14H18FN3O/c1-10(2)9-17-14-16-6-7-18(14)11-4-5-13(19-3)12(15)8-11/h4-8,10H,9H2,1-3H3,(H,16,17). The Kier molecular flexibility index (Phi) is 4.04. The summed E-state index contributed by atoms with van der Waals surface area (Å²) < 4.78 is 20.4. The number of aromatic nitrogens is 2. The second-order valence-electron chi connectivity index (χ2n) is 4.71. The lowest BCUT2D eigenvalue weighted by atomic mass is 10.2. The van der Waals surface area contributed by atoms with Crippen LogP contribution >= 0.6 is 0 Å². The van der Waals surface area contributed by atoms with Gasteiger partial charge in [-0.05, 0) is 18.1 Å². The quantitative estimate of drug-likeness (QED) is 0.901. The number of hydrogen-bond donors (Lipinski definition) is 1. The van der Waals surface area contributed by atoms with Crippen molar-refractivity contribution in [3.63, 3.8) is 0 Å². The number of rotatable bonds is 5. The molecule has 1 heterocycles. The van der Waals surface area contributed by atoms with Gasteiger partial charge in [0.15, 0.2) is 11.6 Å². The molecule has 19 heavy (non-hydrogen) atoms. The number of halogens is 1. The maximum atomic E-state index is 13.7. The molecule has 0 saturated heterocycles. The van der Waals surface area contributed by atoms with Crippen LogP contribution in [0.25, 0.3) is 5.69 Å². The summed E-state index contributed by atoms with van der Waals surface area (Å²) >= 11 is 0. The van der Waals surface area contributed by atoms with E-state index < -0.39 is 0 Å². The van der Waals surface area contributed by atoms with Gasteiger partial charge in [-0.2, -0.15) is 0 Å². The van der Waals surface area contributed by atoms with Crippen molar-refractivity contribution in [2.45, 2.75) is 13.8 Å². The van der Waals surface area contributed by atoms with Crippen molar-refractivity contribution in [2.75, 3.05) is 19.0 Å². The van der Waals surface area contributed by atoms with Crippen molar-refractivity contribution in [2.24, 2.45) is 5.92 Å². The summed E-state index contributed by atoms with van der Waals surface area (Å²) in [6.07, 6.45) is 3.48. The van der Waals surface area contributed by atoms with E-state index in [1.807, 2.05) is 4.57 Å². The molecule has 0 unspecified atom stereocenters. The van der Waals surface area contributed by atoms with E-state index in [1.165, 1.54) is 13.2 Å². The Morgan fingerprint density at radius 3 is 2.84 bits per heavy atom. The Balaban J connectivity index is 2.27. The molecule has 102 valence electrons. The Labute approximate surface area is 112 Å². The minimum atomic E-state index is -0.386. The van der Waals surface area contributed by atoms with Gasteiger partial charge in [-0.1, -0.05) is 13.8 Å². The van der Waals surface area contributed by atoms with E-state index in [-0.39, 0.29) is 11.6 Å². The molecule has 1 aromatic heterocycles. The first kappa shape index (κ1) is 13.4. The summed E-state index contributed by atoms with van der Waals surface area (Å²) in [6.45, 7) is 5.05. The molecule has 2 aromatic rings. The molecule has 0 bridgehead atoms. The fourth-order valence-corrected chi connectivity index (χ4v) is 1.74. The maximum absolute atomic E-state index is 13.7. The van der Waals surface area contributed by atoms with Gasteiger partial charge in [-0.3, -0.25) is 4.57 Å². The molecule has 0 fully saturated rings. The summed E-state index contributed by atoms with van der Waals surface area (Å²) in [5.41, 5.74) is 0.710. The summed E-state index contributed by atoms with van der Waals surface area (Å²) in [5.74, 6) is 1.07. The van der Waals surface area contributed by atoms with Crippen molar-refractivity contribution in [3.8, 4) is 11.4 Å². The normalized spacial score (nSPS) is 10.8. The van der Waals surface area contributed by atoms with E-state index in [9.17, 15) is 4.39 Å². The molecular weight excluding hydrogens is 245 g/mol. The predicted molar refractivity (Wildman–Crippen MR) is 73.4 cm³/mol. The molecule has 0 saturated carbocycles. The first-order valence-corrected chi connectivity index (χ1v) is 6.23. The lowest BCUT2D eigenvalue weighted by Gasteiger charge is -2.12. The lowest BCUT2D eigenvalue weighted by Crippen LogP contribution is -2.12. The number of imidazole rings is 1. The molecule has 2 rings (SSSR count). The van der Waals surface area contributed by atoms with Gasteiger partial charge >= 0.3 is 0 Å². The largest absolute Gasteiger partial charge is 0.494 e. The van der Waals surface area contributed by atoms with Gasteiger partial charge in [0.05, 0.1) is 12.8 Å².